The van der Waals surface area contributed by atoms with Crippen molar-refractivity contribution in [2.45, 2.75) is 10.9 Å². The fraction of sp³-hybridized carbons (Fsp3) is 0.0556. The molecule has 0 unspecified atom stereocenters. The van der Waals surface area contributed by atoms with Crippen LogP contribution < -0.4 is 4.74 Å². The van der Waals surface area contributed by atoms with Crippen LogP contribution in [-0.4, -0.2) is 15.9 Å². The lowest BCUT2D eigenvalue weighted by molar-refractivity contribution is 0.0727. The molecule has 0 saturated heterocycles. The zero-order chi connectivity index (χ0) is 18.5. The van der Waals surface area contributed by atoms with Crippen molar-refractivity contribution in [2.75, 3.05) is 0 Å². The van der Waals surface area contributed by atoms with E-state index < -0.39 is 11.8 Å². The Morgan fingerprint density at radius 3 is 2.58 bits per heavy atom. The topological polar surface area (TPSA) is 52.1 Å². The van der Waals surface area contributed by atoms with Gasteiger partial charge in [0.05, 0.1) is 11.2 Å². The van der Waals surface area contributed by atoms with Crippen molar-refractivity contribution in [1.82, 2.24) is 9.97 Å². The van der Waals surface area contributed by atoms with Gasteiger partial charge in [-0.2, -0.15) is 0 Å². The molecular weight excluding hydrogens is 382 g/mol. The van der Waals surface area contributed by atoms with Gasteiger partial charge in [0.25, 0.3) is 0 Å². The second-order valence-corrected chi connectivity index (χ2v) is 6.42. The Balaban J connectivity index is 1.73. The molecule has 3 rings (SSSR count). The fourth-order valence-electron chi connectivity index (χ4n) is 1.98. The molecule has 132 valence electrons. The second-order valence-electron chi connectivity index (χ2n) is 5.07. The van der Waals surface area contributed by atoms with E-state index >= 15 is 0 Å². The largest absolute Gasteiger partial charge is 0.422 e. The van der Waals surface area contributed by atoms with Gasteiger partial charge in [0.1, 0.15) is 17.4 Å². The number of carbonyl (C=O) groups excluding carboxylic acids is 1. The standard InChI is InChI=1S/C18H11ClF2N2O2S/c19-14-9-22-18(26-10-11-3-1-2-4-15(11)21)23-16(14)17(24)25-13-7-5-12(20)6-8-13/h1-9H,10H2. The third kappa shape index (κ3) is 4.56. The maximum Gasteiger partial charge on any atom is 0.364 e. The van der Waals surface area contributed by atoms with Crippen LogP contribution in [0.4, 0.5) is 8.78 Å². The molecule has 26 heavy (non-hydrogen) atoms. The molecule has 0 bridgehead atoms. The van der Waals surface area contributed by atoms with Gasteiger partial charge in [0, 0.05) is 5.75 Å². The Labute approximate surface area is 157 Å². The van der Waals surface area contributed by atoms with Crippen LogP contribution in [0, 0.1) is 11.6 Å². The molecule has 4 nitrogen and oxygen atoms in total. The van der Waals surface area contributed by atoms with Crippen molar-refractivity contribution in [3.63, 3.8) is 0 Å². The first-order chi connectivity index (χ1) is 12.5. The monoisotopic (exact) mass is 392 g/mol. The van der Waals surface area contributed by atoms with Gasteiger partial charge in [-0.05, 0) is 35.9 Å². The number of rotatable bonds is 5. The van der Waals surface area contributed by atoms with Gasteiger partial charge in [-0.25, -0.2) is 23.5 Å². The summed E-state index contributed by atoms with van der Waals surface area (Å²) in [6.07, 6.45) is 1.28. The summed E-state index contributed by atoms with van der Waals surface area (Å²) in [5.41, 5.74) is 0.369. The summed E-state index contributed by atoms with van der Waals surface area (Å²) < 4.78 is 31.7. The normalized spacial score (nSPS) is 10.6. The van der Waals surface area contributed by atoms with Crippen molar-refractivity contribution in [3.05, 3.63) is 82.6 Å². The Morgan fingerprint density at radius 1 is 1.12 bits per heavy atom. The van der Waals surface area contributed by atoms with Gasteiger partial charge in [0.2, 0.25) is 0 Å². The molecule has 1 aromatic heterocycles. The van der Waals surface area contributed by atoms with Crippen LogP contribution in [0.1, 0.15) is 16.1 Å². The number of halogens is 3. The third-order valence-electron chi connectivity index (χ3n) is 3.25. The predicted octanol–water partition coefficient (Wildman–Crippen LogP) is 4.92. The zero-order valence-electron chi connectivity index (χ0n) is 13.2. The predicted molar refractivity (Wildman–Crippen MR) is 94.4 cm³/mol. The number of hydrogen-bond acceptors (Lipinski definition) is 5. The number of aromatic nitrogens is 2. The molecule has 0 amide bonds. The number of thioether (sulfide) groups is 1. The van der Waals surface area contributed by atoms with E-state index in [1.54, 1.807) is 18.2 Å². The summed E-state index contributed by atoms with van der Waals surface area (Å²) in [6.45, 7) is 0. The van der Waals surface area contributed by atoms with Crippen LogP contribution >= 0.6 is 23.4 Å². The van der Waals surface area contributed by atoms with Crippen LogP contribution in [0.2, 0.25) is 5.02 Å². The molecule has 0 N–H and O–H groups in total. The molecule has 0 spiro atoms. The highest BCUT2D eigenvalue weighted by Crippen LogP contribution is 2.24. The number of esters is 1. The van der Waals surface area contributed by atoms with Crippen molar-refractivity contribution in [1.29, 1.82) is 0 Å². The van der Waals surface area contributed by atoms with Gasteiger partial charge >= 0.3 is 5.97 Å². The lowest BCUT2D eigenvalue weighted by Gasteiger charge is -2.07. The van der Waals surface area contributed by atoms with Crippen LogP contribution in [0.5, 0.6) is 5.75 Å². The van der Waals surface area contributed by atoms with E-state index in [2.05, 4.69) is 9.97 Å². The van der Waals surface area contributed by atoms with E-state index in [-0.39, 0.29) is 27.4 Å². The highest BCUT2D eigenvalue weighted by molar-refractivity contribution is 7.98. The van der Waals surface area contributed by atoms with Crippen LogP contribution in [-0.2, 0) is 5.75 Å². The SMILES string of the molecule is O=C(Oc1ccc(F)cc1)c1nc(SCc2ccccc2F)ncc1Cl. The van der Waals surface area contributed by atoms with E-state index in [0.29, 0.717) is 11.3 Å². The van der Waals surface area contributed by atoms with E-state index in [9.17, 15) is 13.6 Å². The van der Waals surface area contributed by atoms with Crippen LogP contribution in [0.3, 0.4) is 0 Å². The lowest BCUT2D eigenvalue weighted by atomic mass is 10.2. The molecule has 3 aromatic rings. The first-order valence-electron chi connectivity index (χ1n) is 7.39. The Bertz CT molecular complexity index is 939. The second kappa shape index (κ2) is 8.25. The molecule has 0 atom stereocenters. The summed E-state index contributed by atoms with van der Waals surface area (Å²) in [5.74, 6) is -1.12. The summed E-state index contributed by atoms with van der Waals surface area (Å²) in [7, 11) is 0. The van der Waals surface area contributed by atoms with E-state index in [4.69, 9.17) is 16.3 Å². The highest BCUT2D eigenvalue weighted by Gasteiger charge is 2.17. The molecule has 0 radical (unpaired) electrons. The quantitative estimate of drug-likeness (QED) is 0.267. The third-order valence-corrected chi connectivity index (χ3v) is 4.44. The first-order valence-corrected chi connectivity index (χ1v) is 8.76. The summed E-state index contributed by atoms with van der Waals surface area (Å²) in [6, 6.07) is 11.3. The molecule has 0 aliphatic rings. The molecule has 0 aliphatic heterocycles. The smallest absolute Gasteiger partial charge is 0.364 e. The van der Waals surface area contributed by atoms with Gasteiger partial charge in [-0.1, -0.05) is 41.6 Å². The van der Waals surface area contributed by atoms with Gasteiger partial charge in [-0.15, -0.1) is 0 Å². The highest BCUT2D eigenvalue weighted by atomic mass is 35.5. The summed E-state index contributed by atoms with van der Waals surface area (Å²) >= 11 is 7.13. The molecule has 0 fully saturated rings. The average molecular weight is 393 g/mol. The van der Waals surface area contributed by atoms with Gasteiger partial charge < -0.3 is 4.74 Å². The number of carbonyl (C=O) groups is 1. The minimum Gasteiger partial charge on any atom is -0.422 e. The van der Waals surface area contributed by atoms with E-state index in [1.807, 2.05) is 0 Å². The Morgan fingerprint density at radius 2 is 1.85 bits per heavy atom. The zero-order valence-corrected chi connectivity index (χ0v) is 14.7. The minimum atomic E-state index is -0.795. The molecular formula is C18H11ClF2N2O2S. The van der Waals surface area contributed by atoms with Gasteiger partial charge in [-0.3, -0.25) is 0 Å². The van der Waals surface area contributed by atoms with Crippen LogP contribution in [0.15, 0.2) is 59.9 Å². The van der Waals surface area contributed by atoms with Crippen molar-refractivity contribution >= 4 is 29.3 Å². The fourth-order valence-corrected chi connectivity index (χ4v) is 2.95. The molecule has 0 aliphatic carbocycles. The lowest BCUT2D eigenvalue weighted by Crippen LogP contribution is -2.12. The summed E-state index contributed by atoms with van der Waals surface area (Å²) in [4.78, 5) is 20.3. The maximum absolute atomic E-state index is 13.7. The average Bonchev–Trinajstić information content (AvgIpc) is 2.64. The van der Waals surface area contributed by atoms with E-state index in [0.717, 1.165) is 11.8 Å². The number of ether oxygens (including phenoxy) is 1. The van der Waals surface area contributed by atoms with Crippen molar-refractivity contribution in [3.8, 4) is 5.75 Å². The Kier molecular flexibility index (Phi) is 5.80. The van der Waals surface area contributed by atoms with Crippen molar-refractivity contribution < 1.29 is 18.3 Å². The first kappa shape index (κ1) is 18.3. The molecule has 2 aromatic carbocycles. The number of benzene rings is 2. The molecule has 8 heteroatoms. The maximum atomic E-state index is 13.7. The number of nitrogens with zero attached hydrogens (tertiary/aromatic N) is 2. The Hall–Kier alpha value is -2.51. The molecule has 0 saturated carbocycles. The van der Waals surface area contributed by atoms with E-state index in [1.165, 1.54) is 36.5 Å². The summed E-state index contributed by atoms with van der Waals surface area (Å²) in [5, 5.41) is 0.274. The minimum absolute atomic E-state index is 0.0207. The van der Waals surface area contributed by atoms with Gasteiger partial charge in [0.15, 0.2) is 10.9 Å². The molecule has 1 heterocycles. The van der Waals surface area contributed by atoms with Crippen LogP contribution in [0.25, 0.3) is 0 Å². The number of hydrogen-bond donors (Lipinski definition) is 0. The van der Waals surface area contributed by atoms with Crippen molar-refractivity contribution in [2.24, 2.45) is 0 Å².